The molecule has 0 aliphatic carbocycles. The van der Waals surface area contributed by atoms with E-state index in [2.05, 4.69) is 12.2 Å². The Bertz CT molecular complexity index is 1590. The van der Waals surface area contributed by atoms with Gasteiger partial charge in [-0.3, -0.25) is 9.59 Å². The molecule has 0 spiro atoms. The number of amides is 1. The maximum Gasteiger partial charge on any atom is 0.255 e. The van der Waals surface area contributed by atoms with Gasteiger partial charge in [0, 0.05) is 17.0 Å². The number of ether oxygens (including phenoxy) is 1. The Kier molecular flexibility index (Phi) is 15.9. The van der Waals surface area contributed by atoms with Gasteiger partial charge in [0.05, 0.1) is 27.2 Å². The summed E-state index contributed by atoms with van der Waals surface area (Å²) in [6, 6.07) is 13.0. The van der Waals surface area contributed by atoms with Gasteiger partial charge in [-0.15, -0.1) is 0 Å². The minimum atomic E-state index is -4.01. The summed E-state index contributed by atoms with van der Waals surface area (Å²) in [6.45, 7) is 4.42. The predicted octanol–water partition coefficient (Wildman–Crippen LogP) is 10.3. The number of anilines is 1. The number of carbonyl (C=O) groups is 2. The third-order valence-corrected chi connectivity index (χ3v) is 11.3. The molecule has 256 valence electrons. The Morgan fingerprint density at radius 3 is 2.00 bits per heavy atom. The maximum absolute atomic E-state index is 13.5. The average molecular weight is 725 g/mol. The van der Waals surface area contributed by atoms with Gasteiger partial charge in [-0.2, -0.15) is 0 Å². The fourth-order valence-corrected chi connectivity index (χ4v) is 7.50. The third-order valence-electron chi connectivity index (χ3n) is 7.98. The number of carbonyl (C=O) groups excluding carboxylic acids is 2. The van der Waals surface area contributed by atoms with E-state index >= 15 is 0 Å². The highest BCUT2D eigenvalue weighted by Gasteiger charge is 2.33. The number of phenols is 1. The molecule has 0 aliphatic heterocycles. The molecule has 0 saturated heterocycles. The van der Waals surface area contributed by atoms with Crippen LogP contribution in [0.5, 0.6) is 11.5 Å². The molecule has 0 radical (unpaired) electrons. The van der Waals surface area contributed by atoms with Crippen LogP contribution >= 0.6 is 34.8 Å². The molecular weight excluding hydrogens is 681 g/mol. The fourth-order valence-electron chi connectivity index (χ4n) is 5.26. The van der Waals surface area contributed by atoms with E-state index in [1.807, 2.05) is 0 Å². The molecule has 2 N–H and O–H groups in total. The molecule has 3 aromatic carbocycles. The molecule has 3 aromatic rings. The number of halogens is 3. The first-order chi connectivity index (χ1) is 22.5. The van der Waals surface area contributed by atoms with E-state index in [1.165, 1.54) is 93.8 Å². The Morgan fingerprint density at radius 1 is 0.787 bits per heavy atom. The summed E-state index contributed by atoms with van der Waals surface area (Å²) in [6.07, 6.45) is 12.0. The molecule has 3 rings (SSSR count). The second-order valence-corrected chi connectivity index (χ2v) is 15.0. The zero-order chi connectivity index (χ0) is 34.4. The van der Waals surface area contributed by atoms with Crippen molar-refractivity contribution >= 4 is 62.0 Å². The minimum absolute atomic E-state index is 0.0115. The number of hydrogen-bond acceptors (Lipinski definition) is 6. The largest absolute Gasteiger partial charge is 0.506 e. The quantitative estimate of drug-likeness (QED) is 0.0887. The molecule has 7 nitrogen and oxygen atoms in total. The number of hydrogen-bond donors (Lipinski definition) is 2. The summed E-state index contributed by atoms with van der Waals surface area (Å²) >= 11 is 18.3. The van der Waals surface area contributed by atoms with Gasteiger partial charge >= 0.3 is 0 Å². The van der Waals surface area contributed by atoms with Gasteiger partial charge < -0.3 is 15.2 Å². The number of rotatable bonds is 20. The summed E-state index contributed by atoms with van der Waals surface area (Å²) in [5.74, 6) is -0.892. The van der Waals surface area contributed by atoms with Crippen LogP contribution in [0.1, 0.15) is 100 Å². The average Bonchev–Trinajstić information content (AvgIpc) is 3.04. The molecule has 47 heavy (non-hydrogen) atoms. The number of Topliss-reactive ketones (excluding diaryl/α,β-unsaturated/α-hetero) is 1. The number of nitrogens with one attached hydrogen (secondary N) is 1. The van der Waals surface area contributed by atoms with Crippen molar-refractivity contribution in [2.45, 2.75) is 101 Å². The Labute approximate surface area is 293 Å². The summed E-state index contributed by atoms with van der Waals surface area (Å²) in [5.41, 5.74) is 0.447. The van der Waals surface area contributed by atoms with Crippen LogP contribution in [0.4, 0.5) is 5.69 Å². The van der Waals surface area contributed by atoms with Crippen LogP contribution in [0.15, 0.2) is 59.5 Å². The number of aromatic hydroxyl groups is 1. The van der Waals surface area contributed by atoms with Gasteiger partial charge in [0.25, 0.3) is 5.91 Å². The third kappa shape index (κ3) is 11.7. The van der Waals surface area contributed by atoms with E-state index in [-0.39, 0.29) is 55.4 Å². The monoisotopic (exact) mass is 723 g/mol. The highest BCUT2D eigenvalue weighted by molar-refractivity contribution is 7.92. The molecule has 1 amide bonds. The number of ketones is 1. The van der Waals surface area contributed by atoms with Crippen molar-refractivity contribution in [3.8, 4) is 11.5 Å². The summed E-state index contributed by atoms with van der Waals surface area (Å²) in [7, 11) is -4.01. The van der Waals surface area contributed by atoms with Gasteiger partial charge in [-0.1, -0.05) is 106 Å². The number of sulfone groups is 1. The second-order valence-electron chi connectivity index (χ2n) is 11.6. The molecule has 1 unspecified atom stereocenters. The lowest BCUT2D eigenvalue weighted by Crippen LogP contribution is -2.31. The van der Waals surface area contributed by atoms with Gasteiger partial charge in [0.15, 0.2) is 15.6 Å². The fraction of sp³-hybridized carbons (Fsp3) is 0.444. The summed E-state index contributed by atoms with van der Waals surface area (Å²) < 4.78 is 32.7. The van der Waals surface area contributed by atoms with Crippen molar-refractivity contribution < 1.29 is 27.9 Å². The van der Waals surface area contributed by atoms with E-state index in [9.17, 15) is 23.1 Å². The first-order valence-corrected chi connectivity index (χ1v) is 18.9. The lowest BCUT2D eigenvalue weighted by Gasteiger charge is -2.17. The van der Waals surface area contributed by atoms with Crippen LogP contribution in [0.3, 0.4) is 0 Å². The van der Waals surface area contributed by atoms with Crippen molar-refractivity contribution in [1.82, 2.24) is 0 Å². The molecule has 0 aromatic heterocycles. The Hall–Kier alpha value is -2.78. The Morgan fingerprint density at radius 2 is 1.40 bits per heavy atom. The molecule has 0 heterocycles. The van der Waals surface area contributed by atoms with Crippen LogP contribution in [0, 0.1) is 0 Å². The van der Waals surface area contributed by atoms with Crippen molar-refractivity contribution in [1.29, 1.82) is 0 Å². The molecule has 0 aliphatic rings. The van der Waals surface area contributed by atoms with E-state index < -0.39 is 26.8 Å². The van der Waals surface area contributed by atoms with Crippen LogP contribution in [-0.2, 0) is 21.1 Å². The SMILES string of the molecule is CCCCCCCCCCCCOc1ccc(S(=O)(=O)C(CC)C(=O)Cc2cc(O)c(NC(=O)c3ccc(Cl)c(Cl)c3)cc2Cl)cc1. The van der Waals surface area contributed by atoms with Crippen molar-refractivity contribution in [3.63, 3.8) is 0 Å². The molecule has 1 atom stereocenters. The molecule has 0 fully saturated rings. The zero-order valence-corrected chi connectivity index (χ0v) is 30.1. The topological polar surface area (TPSA) is 110 Å². The summed E-state index contributed by atoms with van der Waals surface area (Å²) in [5, 5.41) is 12.4. The predicted molar refractivity (Wildman–Crippen MR) is 191 cm³/mol. The standard InChI is InChI=1S/C36H44Cl3NO6S/c1-3-5-6-7-8-9-10-11-12-13-20-46-27-15-17-28(18-16-27)47(44,45)35(4-2)34(42)23-26-22-33(41)32(24-30(26)38)40-36(43)25-14-19-29(37)31(39)21-25/h14-19,21-22,24,35,41H,3-13,20,23H2,1-2H3,(H,40,43). The number of phenolic OH excluding ortho intramolecular Hbond substituents is 1. The van der Waals surface area contributed by atoms with Gasteiger partial charge in [-0.25, -0.2) is 8.42 Å². The first-order valence-electron chi connectivity index (χ1n) is 16.2. The van der Waals surface area contributed by atoms with E-state index in [4.69, 9.17) is 39.5 Å². The maximum atomic E-state index is 13.5. The molecule has 0 saturated carbocycles. The highest BCUT2D eigenvalue weighted by atomic mass is 35.5. The van der Waals surface area contributed by atoms with Gasteiger partial charge in [0.1, 0.15) is 16.7 Å². The molecule has 0 bridgehead atoms. The van der Waals surface area contributed by atoms with Crippen molar-refractivity contribution in [3.05, 3.63) is 80.8 Å². The van der Waals surface area contributed by atoms with Crippen LogP contribution in [0.2, 0.25) is 15.1 Å². The van der Waals surface area contributed by atoms with Crippen molar-refractivity contribution in [2.24, 2.45) is 0 Å². The lowest BCUT2D eigenvalue weighted by molar-refractivity contribution is -0.118. The van der Waals surface area contributed by atoms with Crippen molar-refractivity contribution in [2.75, 3.05) is 11.9 Å². The Balaban J connectivity index is 1.54. The summed E-state index contributed by atoms with van der Waals surface area (Å²) in [4.78, 5) is 26.0. The van der Waals surface area contributed by atoms with Crippen LogP contribution < -0.4 is 10.1 Å². The normalized spacial score (nSPS) is 12.1. The number of benzene rings is 3. The van der Waals surface area contributed by atoms with E-state index in [0.717, 1.165) is 12.8 Å². The van der Waals surface area contributed by atoms with Gasteiger partial charge in [0.2, 0.25) is 0 Å². The molecule has 11 heteroatoms. The van der Waals surface area contributed by atoms with E-state index in [0.29, 0.717) is 12.4 Å². The zero-order valence-electron chi connectivity index (χ0n) is 27.0. The lowest BCUT2D eigenvalue weighted by atomic mass is 10.0. The second kappa shape index (κ2) is 19.3. The van der Waals surface area contributed by atoms with E-state index in [1.54, 1.807) is 19.1 Å². The first kappa shape index (κ1) is 38.7. The highest BCUT2D eigenvalue weighted by Crippen LogP contribution is 2.33. The smallest absolute Gasteiger partial charge is 0.255 e. The van der Waals surface area contributed by atoms with Gasteiger partial charge in [-0.05, 0) is 73.0 Å². The van der Waals surface area contributed by atoms with Crippen LogP contribution in [0.25, 0.3) is 0 Å². The van der Waals surface area contributed by atoms with Crippen LogP contribution in [-0.4, -0.2) is 37.1 Å². The molecular formula is C36H44Cl3NO6S. The number of unbranched alkanes of at least 4 members (excludes halogenated alkanes) is 9. The minimum Gasteiger partial charge on any atom is -0.506 e.